The normalized spacial score (nSPS) is 15.5. The van der Waals surface area contributed by atoms with Gasteiger partial charge in [0.1, 0.15) is 17.1 Å². The predicted molar refractivity (Wildman–Crippen MR) is 75.1 cm³/mol. The molecular weight excluding hydrogens is 297 g/mol. The smallest absolute Gasteiger partial charge is 0.341 e. The summed E-state index contributed by atoms with van der Waals surface area (Å²) in [5, 5.41) is 13.3. The minimum Gasteiger partial charge on any atom is -0.477 e. The van der Waals surface area contributed by atoms with Gasteiger partial charge >= 0.3 is 5.97 Å². The Hall–Kier alpha value is -1.88. The third-order valence-electron chi connectivity index (χ3n) is 3.85. The average molecular weight is 310 g/mol. The van der Waals surface area contributed by atoms with Crippen LogP contribution >= 0.6 is 11.6 Å². The van der Waals surface area contributed by atoms with Gasteiger partial charge in [-0.1, -0.05) is 29.6 Å². The number of nitrogens with zero attached hydrogens (tertiary/aromatic N) is 1. The molecule has 6 heteroatoms. The predicted octanol–water partition coefficient (Wildman–Crippen LogP) is 4.49. The van der Waals surface area contributed by atoms with Crippen molar-refractivity contribution in [3.05, 3.63) is 40.4 Å². The highest BCUT2D eigenvalue weighted by molar-refractivity contribution is 6.31. The van der Waals surface area contributed by atoms with Gasteiger partial charge < -0.3 is 9.63 Å². The van der Waals surface area contributed by atoms with Gasteiger partial charge in [0.2, 0.25) is 0 Å². The minimum atomic E-state index is -1.09. The molecule has 1 aromatic carbocycles. The maximum atomic E-state index is 13.2. The zero-order valence-electron chi connectivity index (χ0n) is 11.1. The van der Waals surface area contributed by atoms with Crippen LogP contribution < -0.4 is 0 Å². The standard InChI is InChI=1S/C15H13ClFNO3/c16-10-7-9(5-6-11(10)17)13-12(15(19)20)14(21-18-13)8-3-1-2-4-8/h5-8H,1-4H2,(H,19,20). The largest absolute Gasteiger partial charge is 0.477 e. The lowest BCUT2D eigenvalue weighted by Gasteiger charge is -2.05. The van der Waals surface area contributed by atoms with Gasteiger partial charge in [0.05, 0.1) is 5.02 Å². The molecule has 3 rings (SSSR count). The Labute approximate surface area is 125 Å². The molecule has 1 aromatic heterocycles. The number of aromatic nitrogens is 1. The van der Waals surface area contributed by atoms with Crippen molar-refractivity contribution < 1.29 is 18.8 Å². The van der Waals surface area contributed by atoms with Gasteiger partial charge in [0, 0.05) is 11.5 Å². The van der Waals surface area contributed by atoms with E-state index in [0.717, 1.165) is 25.7 Å². The van der Waals surface area contributed by atoms with Gasteiger partial charge in [-0.05, 0) is 31.0 Å². The Morgan fingerprint density at radius 1 is 1.38 bits per heavy atom. The lowest BCUT2D eigenvalue weighted by molar-refractivity contribution is 0.0694. The van der Waals surface area contributed by atoms with E-state index >= 15 is 0 Å². The van der Waals surface area contributed by atoms with Crippen molar-refractivity contribution in [3.63, 3.8) is 0 Å². The minimum absolute atomic E-state index is 0.0598. The van der Waals surface area contributed by atoms with Crippen molar-refractivity contribution in [1.29, 1.82) is 0 Å². The summed E-state index contributed by atoms with van der Waals surface area (Å²) in [6, 6.07) is 4.00. The van der Waals surface area contributed by atoms with E-state index in [-0.39, 0.29) is 22.2 Å². The van der Waals surface area contributed by atoms with Crippen molar-refractivity contribution in [2.75, 3.05) is 0 Å². The van der Waals surface area contributed by atoms with Crippen LogP contribution in [0.3, 0.4) is 0 Å². The van der Waals surface area contributed by atoms with E-state index in [9.17, 15) is 14.3 Å². The molecule has 1 aliphatic rings. The molecule has 0 radical (unpaired) electrons. The molecule has 2 aromatic rings. The van der Waals surface area contributed by atoms with Crippen LogP contribution in [0, 0.1) is 5.82 Å². The number of carbonyl (C=O) groups is 1. The van der Waals surface area contributed by atoms with Gasteiger partial charge in [-0.15, -0.1) is 0 Å². The van der Waals surface area contributed by atoms with E-state index in [0.29, 0.717) is 11.3 Å². The van der Waals surface area contributed by atoms with Crippen LogP contribution in [0.15, 0.2) is 22.7 Å². The van der Waals surface area contributed by atoms with Crippen molar-refractivity contribution in [3.8, 4) is 11.3 Å². The third kappa shape index (κ3) is 2.53. The molecule has 1 heterocycles. The van der Waals surface area contributed by atoms with Gasteiger partial charge in [0.15, 0.2) is 5.76 Å². The highest BCUT2D eigenvalue weighted by atomic mass is 35.5. The summed E-state index contributed by atoms with van der Waals surface area (Å²) < 4.78 is 18.5. The molecule has 1 saturated carbocycles. The van der Waals surface area contributed by atoms with Crippen LogP contribution in [0.1, 0.15) is 47.7 Å². The first-order chi connectivity index (χ1) is 10.1. The number of halogens is 2. The fourth-order valence-electron chi connectivity index (χ4n) is 2.82. The zero-order chi connectivity index (χ0) is 15.0. The average Bonchev–Trinajstić information content (AvgIpc) is 3.09. The molecule has 0 bridgehead atoms. The second-order valence-corrected chi connectivity index (χ2v) is 5.59. The second-order valence-electron chi connectivity index (χ2n) is 5.19. The van der Waals surface area contributed by atoms with Crippen LogP contribution in [0.4, 0.5) is 4.39 Å². The Morgan fingerprint density at radius 3 is 2.71 bits per heavy atom. The number of carboxylic acid groups (broad SMARTS) is 1. The number of carboxylic acids is 1. The molecule has 0 unspecified atom stereocenters. The number of hydrogen-bond acceptors (Lipinski definition) is 3. The van der Waals surface area contributed by atoms with Crippen molar-refractivity contribution >= 4 is 17.6 Å². The summed E-state index contributed by atoms with van der Waals surface area (Å²) in [6.07, 6.45) is 3.92. The Bertz CT molecular complexity index is 692. The fraction of sp³-hybridized carbons (Fsp3) is 0.333. The Balaban J connectivity index is 2.09. The first-order valence-corrected chi connectivity index (χ1v) is 7.14. The topological polar surface area (TPSA) is 63.3 Å². The summed E-state index contributed by atoms with van der Waals surface area (Å²) in [5.74, 6) is -1.14. The van der Waals surface area contributed by atoms with Gasteiger partial charge in [0.25, 0.3) is 0 Å². The molecule has 0 aliphatic heterocycles. The van der Waals surface area contributed by atoms with Gasteiger partial charge in [-0.25, -0.2) is 9.18 Å². The maximum Gasteiger partial charge on any atom is 0.341 e. The first kappa shape index (κ1) is 14.1. The fourth-order valence-corrected chi connectivity index (χ4v) is 3.00. The monoisotopic (exact) mass is 309 g/mol. The number of hydrogen-bond donors (Lipinski definition) is 1. The van der Waals surface area contributed by atoms with Crippen molar-refractivity contribution in [2.45, 2.75) is 31.6 Å². The summed E-state index contributed by atoms with van der Waals surface area (Å²) in [4.78, 5) is 11.6. The molecule has 0 atom stereocenters. The molecule has 0 saturated heterocycles. The van der Waals surface area contributed by atoms with Crippen molar-refractivity contribution in [1.82, 2.24) is 5.16 Å². The molecule has 110 valence electrons. The summed E-state index contributed by atoms with van der Waals surface area (Å²) in [6.45, 7) is 0. The highest BCUT2D eigenvalue weighted by Gasteiger charge is 2.31. The van der Waals surface area contributed by atoms with Crippen LogP contribution in [0.25, 0.3) is 11.3 Å². The molecule has 21 heavy (non-hydrogen) atoms. The molecular formula is C15H13ClFNO3. The lowest BCUT2D eigenvalue weighted by Crippen LogP contribution is -2.04. The summed E-state index contributed by atoms with van der Waals surface area (Å²) in [7, 11) is 0. The molecule has 0 spiro atoms. The molecule has 4 nitrogen and oxygen atoms in total. The SMILES string of the molecule is O=C(O)c1c(-c2ccc(F)c(Cl)c2)noc1C1CCCC1. The number of aromatic carboxylic acids is 1. The maximum absolute atomic E-state index is 13.2. The lowest BCUT2D eigenvalue weighted by atomic mass is 9.97. The van der Waals surface area contributed by atoms with E-state index in [1.54, 1.807) is 0 Å². The number of benzene rings is 1. The van der Waals surface area contributed by atoms with Crippen molar-refractivity contribution in [2.24, 2.45) is 0 Å². The first-order valence-electron chi connectivity index (χ1n) is 6.76. The van der Waals surface area contributed by atoms with Gasteiger partial charge in [-0.3, -0.25) is 0 Å². The molecule has 0 amide bonds. The second kappa shape index (κ2) is 5.48. The van der Waals surface area contributed by atoms with E-state index in [1.807, 2.05) is 0 Å². The van der Waals surface area contributed by atoms with Crippen LogP contribution in [-0.2, 0) is 0 Å². The molecule has 1 fully saturated rings. The Kier molecular flexibility index (Phi) is 3.68. The Morgan fingerprint density at radius 2 is 2.10 bits per heavy atom. The molecule has 1 aliphatic carbocycles. The van der Waals surface area contributed by atoms with Crippen LogP contribution in [0.5, 0.6) is 0 Å². The number of rotatable bonds is 3. The quantitative estimate of drug-likeness (QED) is 0.907. The highest BCUT2D eigenvalue weighted by Crippen LogP contribution is 2.39. The molecule has 1 N–H and O–H groups in total. The van der Waals surface area contributed by atoms with E-state index in [2.05, 4.69) is 5.16 Å². The van der Waals surface area contributed by atoms with E-state index in [4.69, 9.17) is 16.1 Å². The zero-order valence-corrected chi connectivity index (χ0v) is 11.9. The van der Waals surface area contributed by atoms with Gasteiger partial charge in [-0.2, -0.15) is 0 Å². The van der Waals surface area contributed by atoms with E-state index < -0.39 is 11.8 Å². The van der Waals surface area contributed by atoms with Crippen LogP contribution in [-0.4, -0.2) is 16.2 Å². The third-order valence-corrected chi connectivity index (χ3v) is 4.14. The summed E-state index contributed by atoms with van der Waals surface area (Å²) >= 11 is 5.75. The summed E-state index contributed by atoms with van der Waals surface area (Å²) in [5.41, 5.74) is 0.697. The van der Waals surface area contributed by atoms with Crippen LogP contribution in [0.2, 0.25) is 5.02 Å². The van der Waals surface area contributed by atoms with E-state index in [1.165, 1.54) is 18.2 Å².